The summed E-state index contributed by atoms with van der Waals surface area (Å²) in [6, 6.07) is 32.4. The first-order valence-electron chi connectivity index (χ1n) is 13.0. The number of benzene rings is 3. The van der Waals surface area contributed by atoms with Gasteiger partial charge in [-0.2, -0.15) is 0 Å². The fourth-order valence-electron chi connectivity index (χ4n) is 4.74. The maximum absolute atomic E-state index is 4.96. The third kappa shape index (κ3) is 5.23. The van der Waals surface area contributed by atoms with Gasteiger partial charge in [-0.3, -0.25) is 15.0 Å². The number of halogens is 1. The van der Waals surface area contributed by atoms with Crippen molar-refractivity contribution < 1.29 is 0 Å². The van der Waals surface area contributed by atoms with Crippen molar-refractivity contribution in [2.24, 2.45) is 0 Å². The van der Waals surface area contributed by atoms with E-state index in [4.69, 9.17) is 15.0 Å². The predicted molar refractivity (Wildman–Crippen MR) is 166 cm³/mol. The van der Waals surface area contributed by atoms with Crippen molar-refractivity contribution in [2.45, 2.75) is 0 Å². The van der Waals surface area contributed by atoms with Crippen molar-refractivity contribution in [3.63, 3.8) is 0 Å². The fourth-order valence-corrected chi connectivity index (χ4v) is 5.24. The normalized spacial score (nSPS) is 11.0. The van der Waals surface area contributed by atoms with E-state index in [1.54, 1.807) is 18.6 Å². The second-order valence-electron chi connectivity index (χ2n) is 9.51. The molecule has 0 amide bonds. The molecule has 7 rings (SSSR count). The topological polar surface area (TPSA) is 77.3 Å². The summed E-state index contributed by atoms with van der Waals surface area (Å²) in [6.45, 7) is 0. The molecule has 0 fully saturated rings. The molecule has 0 aliphatic carbocycles. The molecule has 0 saturated carbocycles. The van der Waals surface area contributed by atoms with Crippen LogP contribution in [0.5, 0.6) is 0 Å². The van der Waals surface area contributed by atoms with Crippen LogP contribution in [0.15, 0.2) is 133 Å². The highest BCUT2D eigenvalue weighted by molar-refractivity contribution is 9.10. The molecule has 3 aromatic carbocycles. The Morgan fingerprint density at radius 2 is 1.02 bits per heavy atom. The van der Waals surface area contributed by atoms with Crippen molar-refractivity contribution in [1.82, 2.24) is 29.9 Å². The van der Waals surface area contributed by atoms with Gasteiger partial charge in [0.05, 0.1) is 5.52 Å². The van der Waals surface area contributed by atoms with E-state index in [1.165, 1.54) is 0 Å². The Kier molecular flexibility index (Phi) is 6.55. The number of pyridine rings is 3. The lowest BCUT2D eigenvalue weighted by Crippen LogP contribution is -2.00. The highest BCUT2D eigenvalue weighted by Gasteiger charge is 2.15. The van der Waals surface area contributed by atoms with Crippen LogP contribution in [-0.2, 0) is 0 Å². The minimum absolute atomic E-state index is 0.582. The molecule has 0 bridgehead atoms. The SMILES string of the molecule is Brc1cc(-c2cccnc2)cc(-c2nc(-c3ccc(-c4cccnc4)cc3)nc(-c3ccc4ncccc4c3)n2)c1. The van der Waals surface area contributed by atoms with E-state index >= 15 is 0 Å². The zero-order valence-corrected chi connectivity index (χ0v) is 23.3. The summed E-state index contributed by atoms with van der Waals surface area (Å²) < 4.78 is 0.926. The molecule has 7 heteroatoms. The lowest BCUT2D eigenvalue weighted by molar-refractivity contribution is 1.07. The van der Waals surface area contributed by atoms with Gasteiger partial charge in [-0.05, 0) is 71.3 Å². The third-order valence-electron chi connectivity index (χ3n) is 6.79. The molecule has 0 saturated heterocycles. The van der Waals surface area contributed by atoms with Crippen LogP contribution >= 0.6 is 15.9 Å². The van der Waals surface area contributed by atoms with Crippen LogP contribution in [0.1, 0.15) is 0 Å². The van der Waals surface area contributed by atoms with Gasteiger partial charge < -0.3 is 0 Å². The van der Waals surface area contributed by atoms with Crippen molar-refractivity contribution in [2.75, 3.05) is 0 Å². The monoisotopic (exact) mass is 592 g/mol. The molecule has 7 aromatic rings. The average Bonchev–Trinajstić information content (AvgIpc) is 3.05. The Bertz CT molecular complexity index is 2000. The van der Waals surface area contributed by atoms with Crippen LogP contribution in [0.3, 0.4) is 0 Å². The van der Waals surface area contributed by atoms with Crippen LogP contribution in [0.2, 0.25) is 0 Å². The van der Waals surface area contributed by atoms with Gasteiger partial charge in [-0.25, -0.2) is 15.0 Å². The first-order chi connectivity index (χ1) is 20.2. The molecule has 0 N–H and O–H groups in total. The van der Waals surface area contributed by atoms with E-state index in [9.17, 15) is 0 Å². The van der Waals surface area contributed by atoms with E-state index in [2.05, 4.69) is 61.2 Å². The number of aromatic nitrogens is 6. The molecule has 4 heterocycles. The van der Waals surface area contributed by atoms with Crippen molar-refractivity contribution >= 4 is 26.8 Å². The molecule has 41 heavy (non-hydrogen) atoms. The summed E-state index contributed by atoms with van der Waals surface area (Å²) in [5.41, 5.74) is 7.74. The summed E-state index contributed by atoms with van der Waals surface area (Å²) >= 11 is 3.69. The van der Waals surface area contributed by atoms with E-state index in [1.807, 2.05) is 79.1 Å². The van der Waals surface area contributed by atoms with E-state index in [0.29, 0.717) is 17.5 Å². The summed E-state index contributed by atoms with van der Waals surface area (Å²) in [5, 5.41) is 1.02. The van der Waals surface area contributed by atoms with Crippen LogP contribution in [-0.4, -0.2) is 29.9 Å². The number of fused-ring (bicyclic) bond motifs is 1. The molecule has 6 nitrogen and oxygen atoms in total. The van der Waals surface area contributed by atoms with Gasteiger partial charge >= 0.3 is 0 Å². The van der Waals surface area contributed by atoms with E-state index in [-0.39, 0.29) is 0 Å². The molecule has 0 aliphatic heterocycles. The maximum atomic E-state index is 4.96. The maximum Gasteiger partial charge on any atom is 0.164 e. The van der Waals surface area contributed by atoms with Crippen LogP contribution in [0.4, 0.5) is 0 Å². The van der Waals surface area contributed by atoms with Gasteiger partial charge in [-0.15, -0.1) is 0 Å². The first-order valence-corrected chi connectivity index (χ1v) is 13.8. The fraction of sp³-hybridized carbons (Fsp3) is 0. The van der Waals surface area contributed by atoms with E-state index < -0.39 is 0 Å². The average molecular weight is 593 g/mol. The number of hydrogen-bond acceptors (Lipinski definition) is 6. The van der Waals surface area contributed by atoms with Crippen molar-refractivity contribution in [1.29, 1.82) is 0 Å². The highest BCUT2D eigenvalue weighted by atomic mass is 79.9. The molecule has 4 aromatic heterocycles. The zero-order valence-electron chi connectivity index (χ0n) is 21.7. The third-order valence-corrected chi connectivity index (χ3v) is 7.24. The van der Waals surface area contributed by atoms with E-state index in [0.717, 1.165) is 54.3 Å². The number of rotatable bonds is 5. The summed E-state index contributed by atoms with van der Waals surface area (Å²) in [7, 11) is 0. The largest absolute Gasteiger partial charge is 0.264 e. The summed E-state index contributed by atoms with van der Waals surface area (Å²) in [5.74, 6) is 1.77. The highest BCUT2D eigenvalue weighted by Crippen LogP contribution is 2.32. The molecule has 0 radical (unpaired) electrons. The Labute approximate surface area is 245 Å². The van der Waals surface area contributed by atoms with Gasteiger partial charge in [0.15, 0.2) is 17.5 Å². The van der Waals surface area contributed by atoms with Crippen LogP contribution < -0.4 is 0 Å². The summed E-state index contributed by atoms with van der Waals surface area (Å²) in [6.07, 6.45) is 9.05. The lowest BCUT2D eigenvalue weighted by atomic mass is 10.0. The Morgan fingerprint density at radius 3 is 1.73 bits per heavy atom. The molecule has 0 unspecified atom stereocenters. The standard InChI is InChI=1S/C34H21BrN6/c35-30-18-28(27-6-2-14-37-21-27)17-29(19-30)34-40-32(23-9-7-22(8-10-23)26-5-1-13-36-20-26)39-33(41-34)25-11-12-31-24(16-25)4-3-15-38-31/h1-21H. The van der Waals surface area contributed by atoms with Crippen LogP contribution in [0, 0.1) is 0 Å². The minimum atomic E-state index is 0.582. The van der Waals surface area contributed by atoms with Gasteiger partial charge in [0.2, 0.25) is 0 Å². The molecule has 0 spiro atoms. The van der Waals surface area contributed by atoms with Crippen molar-refractivity contribution in [3.05, 3.63) is 133 Å². The Morgan fingerprint density at radius 1 is 0.439 bits per heavy atom. The van der Waals surface area contributed by atoms with Gasteiger partial charge in [0, 0.05) is 63.1 Å². The minimum Gasteiger partial charge on any atom is -0.264 e. The second-order valence-corrected chi connectivity index (χ2v) is 10.4. The smallest absolute Gasteiger partial charge is 0.164 e. The van der Waals surface area contributed by atoms with Crippen molar-refractivity contribution in [3.8, 4) is 56.4 Å². The lowest BCUT2D eigenvalue weighted by Gasteiger charge is -2.11. The second kappa shape index (κ2) is 10.8. The number of nitrogens with zero attached hydrogens (tertiary/aromatic N) is 6. The Hall–Kier alpha value is -5.14. The molecular weight excluding hydrogens is 572 g/mol. The molecule has 0 aliphatic rings. The summed E-state index contributed by atoms with van der Waals surface area (Å²) in [4.78, 5) is 27.8. The number of hydrogen-bond donors (Lipinski definition) is 0. The zero-order chi connectivity index (χ0) is 27.6. The predicted octanol–water partition coefficient (Wildman–Crippen LogP) is 8.31. The molecule has 194 valence electrons. The van der Waals surface area contributed by atoms with Gasteiger partial charge in [0.1, 0.15) is 0 Å². The van der Waals surface area contributed by atoms with Crippen LogP contribution in [0.25, 0.3) is 67.3 Å². The van der Waals surface area contributed by atoms with Gasteiger partial charge in [0.25, 0.3) is 0 Å². The molecular formula is C34H21BrN6. The van der Waals surface area contributed by atoms with Gasteiger partial charge in [-0.1, -0.05) is 58.4 Å². The molecule has 0 atom stereocenters. The first kappa shape index (κ1) is 24.9. The Balaban J connectivity index is 1.38. The quantitative estimate of drug-likeness (QED) is 0.200.